The molecule has 0 aliphatic carbocycles. The van der Waals surface area contributed by atoms with Crippen molar-refractivity contribution in [3.05, 3.63) is 29.3 Å². The lowest BCUT2D eigenvalue weighted by molar-refractivity contribution is -0.116. The van der Waals surface area contributed by atoms with Crippen molar-refractivity contribution in [2.45, 2.75) is 39.7 Å². The molecule has 1 aromatic rings. The monoisotopic (exact) mass is 338 g/mol. The third-order valence-corrected chi connectivity index (χ3v) is 6.16. The summed E-state index contributed by atoms with van der Waals surface area (Å²) in [7, 11) is -2.89. The number of carbonyl (C=O) groups is 1. The van der Waals surface area contributed by atoms with Crippen LogP contribution in [0.2, 0.25) is 0 Å². The first kappa shape index (κ1) is 17.9. The number of hydrogen-bond donors (Lipinski definition) is 1. The summed E-state index contributed by atoms with van der Waals surface area (Å²) in [5.41, 5.74) is 3.06. The van der Waals surface area contributed by atoms with E-state index in [9.17, 15) is 13.2 Å². The molecule has 1 N–H and O–H groups in total. The summed E-state index contributed by atoms with van der Waals surface area (Å²) >= 11 is 0. The highest BCUT2D eigenvalue weighted by molar-refractivity contribution is 7.91. The van der Waals surface area contributed by atoms with Crippen molar-refractivity contribution >= 4 is 21.4 Å². The SMILES string of the molecule is CCN(CCC(=O)Nc1ccc(C)cc1C)C1CCS(=O)(=O)C1. The van der Waals surface area contributed by atoms with Crippen molar-refractivity contribution in [1.82, 2.24) is 4.90 Å². The van der Waals surface area contributed by atoms with E-state index in [0.29, 0.717) is 19.4 Å². The molecule has 6 heteroatoms. The van der Waals surface area contributed by atoms with Gasteiger partial charge in [-0.1, -0.05) is 24.6 Å². The smallest absolute Gasteiger partial charge is 0.225 e. The number of benzene rings is 1. The zero-order chi connectivity index (χ0) is 17.0. The molecule has 23 heavy (non-hydrogen) atoms. The van der Waals surface area contributed by atoms with Gasteiger partial charge in [0.25, 0.3) is 0 Å². The molecule has 1 atom stereocenters. The van der Waals surface area contributed by atoms with Crippen LogP contribution in [0.3, 0.4) is 0 Å². The fraction of sp³-hybridized carbons (Fsp3) is 0.588. The van der Waals surface area contributed by atoms with Gasteiger partial charge in [-0.3, -0.25) is 9.69 Å². The van der Waals surface area contributed by atoms with E-state index < -0.39 is 9.84 Å². The fourth-order valence-electron chi connectivity index (χ4n) is 3.07. The second-order valence-electron chi connectivity index (χ2n) is 6.30. The molecular weight excluding hydrogens is 312 g/mol. The number of carbonyl (C=O) groups excluding carboxylic acids is 1. The molecule has 2 rings (SSSR count). The Bertz CT molecular complexity index is 670. The van der Waals surface area contributed by atoms with Gasteiger partial charge in [-0.2, -0.15) is 0 Å². The third-order valence-electron chi connectivity index (χ3n) is 4.41. The first-order valence-corrected chi connectivity index (χ1v) is 9.94. The average molecular weight is 338 g/mol. The van der Waals surface area contributed by atoms with Crippen molar-refractivity contribution in [3.63, 3.8) is 0 Å². The Labute approximate surface area is 139 Å². The molecule has 0 radical (unpaired) electrons. The third kappa shape index (κ3) is 5.04. The number of anilines is 1. The first-order chi connectivity index (χ1) is 10.8. The topological polar surface area (TPSA) is 66.5 Å². The Hall–Kier alpha value is -1.40. The number of sulfone groups is 1. The molecule has 1 aliphatic rings. The van der Waals surface area contributed by atoms with Gasteiger partial charge in [-0.25, -0.2) is 8.42 Å². The Morgan fingerprint density at radius 2 is 2.09 bits per heavy atom. The summed E-state index contributed by atoms with van der Waals surface area (Å²) in [4.78, 5) is 14.3. The highest BCUT2D eigenvalue weighted by Gasteiger charge is 2.31. The fourth-order valence-corrected chi connectivity index (χ4v) is 4.84. The van der Waals surface area contributed by atoms with Gasteiger partial charge in [0, 0.05) is 24.7 Å². The Balaban J connectivity index is 1.87. The molecule has 0 saturated carbocycles. The Kier molecular flexibility index (Phi) is 5.81. The van der Waals surface area contributed by atoms with E-state index in [4.69, 9.17) is 0 Å². The van der Waals surface area contributed by atoms with Crippen LogP contribution in [0.5, 0.6) is 0 Å². The molecule has 1 fully saturated rings. The number of rotatable bonds is 6. The number of nitrogens with one attached hydrogen (secondary N) is 1. The maximum absolute atomic E-state index is 12.2. The van der Waals surface area contributed by atoms with Crippen LogP contribution in [0.25, 0.3) is 0 Å². The summed E-state index contributed by atoms with van der Waals surface area (Å²) in [5, 5.41) is 2.94. The molecule has 5 nitrogen and oxygen atoms in total. The number of hydrogen-bond acceptors (Lipinski definition) is 4. The summed E-state index contributed by atoms with van der Waals surface area (Å²) in [6, 6.07) is 5.99. The molecule has 1 heterocycles. The predicted octanol–water partition coefficient (Wildman–Crippen LogP) is 2.14. The summed E-state index contributed by atoms with van der Waals surface area (Å²) in [6.45, 7) is 7.36. The van der Waals surface area contributed by atoms with Crippen LogP contribution in [0, 0.1) is 13.8 Å². The second kappa shape index (κ2) is 7.45. The zero-order valence-electron chi connectivity index (χ0n) is 14.1. The van der Waals surface area contributed by atoms with E-state index >= 15 is 0 Å². The molecule has 0 aromatic heterocycles. The highest BCUT2D eigenvalue weighted by atomic mass is 32.2. The van der Waals surface area contributed by atoms with Gasteiger partial charge in [-0.05, 0) is 38.4 Å². The van der Waals surface area contributed by atoms with Gasteiger partial charge >= 0.3 is 0 Å². The van der Waals surface area contributed by atoms with Crippen LogP contribution in [-0.4, -0.2) is 49.9 Å². The summed E-state index contributed by atoms with van der Waals surface area (Å²) < 4.78 is 23.2. The minimum atomic E-state index is -2.89. The Morgan fingerprint density at radius 3 is 2.65 bits per heavy atom. The van der Waals surface area contributed by atoms with Crippen molar-refractivity contribution in [1.29, 1.82) is 0 Å². The predicted molar refractivity (Wildman–Crippen MR) is 93.5 cm³/mol. The van der Waals surface area contributed by atoms with E-state index in [2.05, 4.69) is 10.2 Å². The summed E-state index contributed by atoms with van der Waals surface area (Å²) in [5.74, 6) is 0.457. The van der Waals surface area contributed by atoms with Crippen LogP contribution < -0.4 is 5.32 Å². The van der Waals surface area contributed by atoms with Crippen LogP contribution >= 0.6 is 0 Å². The lowest BCUT2D eigenvalue weighted by atomic mass is 10.1. The molecular formula is C17H26N2O3S. The minimum absolute atomic E-state index is 0.0312. The quantitative estimate of drug-likeness (QED) is 0.863. The van der Waals surface area contributed by atoms with Crippen LogP contribution in [0.15, 0.2) is 18.2 Å². The van der Waals surface area contributed by atoms with Crippen molar-refractivity contribution in [3.8, 4) is 0 Å². The molecule has 0 bridgehead atoms. The minimum Gasteiger partial charge on any atom is -0.326 e. The van der Waals surface area contributed by atoms with E-state index in [1.54, 1.807) is 0 Å². The van der Waals surface area contributed by atoms with E-state index in [1.807, 2.05) is 39.0 Å². The average Bonchev–Trinajstić information content (AvgIpc) is 2.83. The van der Waals surface area contributed by atoms with E-state index in [1.165, 1.54) is 5.56 Å². The van der Waals surface area contributed by atoms with Gasteiger partial charge in [0.2, 0.25) is 5.91 Å². The lowest BCUT2D eigenvalue weighted by Crippen LogP contribution is -2.38. The molecule has 128 valence electrons. The van der Waals surface area contributed by atoms with Crippen molar-refractivity contribution < 1.29 is 13.2 Å². The molecule has 0 spiro atoms. The van der Waals surface area contributed by atoms with Crippen molar-refractivity contribution in [2.24, 2.45) is 0 Å². The first-order valence-electron chi connectivity index (χ1n) is 8.12. The molecule has 1 amide bonds. The maximum Gasteiger partial charge on any atom is 0.225 e. The molecule has 1 aliphatic heterocycles. The standard InChI is InChI=1S/C17H26N2O3S/c1-4-19(15-8-10-23(21,22)12-15)9-7-17(20)18-16-6-5-13(2)11-14(16)3/h5-6,11,15H,4,7-10,12H2,1-3H3,(H,18,20). The molecule has 1 aromatic carbocycles. The van der Waals surface area contributed by atoms with Gasteiger partial charge in [-0.15, -0.1) is 0 Å². The van der Waals surface area contributed by atoms with Gasteiger partial charge < -0.3 is 5.32 Å². The molecule has 1 unspecified atom stereocenters. The maximum atomic E-state index is 12.2. The number of amides is 1. The number of nitrogens with zero attached hydrogens (tertiary/aromatic N) is 1. The normalized spacial score (nSPS) is 19.9. The largest absolute Gasteiger partial charge is 0.326 e. The second-order valence-corrected chi connectivity index (χ2v) is 8.53. The van der Waals surface area contributed by atoms with Crippen LogP contribution in [0.1, 0.15) is 30.9 Å². The van der Waals surface area contributed by atoms with Crippen molar-refractivity contribution in [2.75, 3.05) is 29.9 Å². The zero-order valence-corrected chi connectivity index (χ0v) is 14.9. The number of aryl methyl sites for hydroxylation is 2. The summed E-state index contributed by atoms with van der Waals surface area (Å²) in [6.07, 6.45) is 1.05. The van der Waals surface area contributed by atoms with Gasteiger partial charge in [0.1, 0.15) is 0 Å². The van der Waals surface area contributed by atoms with Crippen LogP contribution in [-0.2, 0) is 14.6 Å². The van der Waals surface area contributed by atoms with Crippen LogP contribution in [0.4, 0.5) is 5.69 Å². The van der Waals surface area contributed by atoms with E-state index in [-0.39, 0.29) is 23.5 Å². The Morgan fingerprint density at radius 1 is 1.35 bits per heavy atom. The van der Waals surface area contributed by atoms with Gasteiger partial charge in [0.05, 0.1) is 11.5 Å². The lowest BCUT2D eigenvalue weighted by Gasteiger charge is -2.26. The van der Waals surface area contributed by atoms with Gasteiger partial charge in [0.15, 0.2) is 9.84 Å². The van der Waals surface area contributed by atoms with E-state index in [0.717, 1.165) is 17.8 Å². The highest BCUT2D eigenvalue weighted by Crippen LogP contribution is 2.19. The molecule has 1 saturated heterocycles.